The minimum Gasteiger partial charge on any atom is -0.309 e. The number of hydrogen-bond acceptors (Lipinski definition) is 3. The summed E-state index contributed by atoms with van der Waals surface area (Å²) in [6.07, 6.45) is 0. The van der Waals surface area contributed by atoms with E-state index in [0.29, 0.717) is 17.5 Å². The lowest BCUT2D eigenvalue weighted by Gasteiger charge is -2.39. The van der Waals surface area contributed by atoms with Crippen LogP contribution in [0.25, 0.3) is 89.2 Å². The van der Waals surface area contributed by atoms with Gasteiger partial charge in [0.1, 0.15) is 0 Å². The van der Waals surface area contributed by atoms with Gasteiger partial charge < -0.3 is 9.13 Å². The summed E-state index contributed by atoms with van der Waals surface area (Å²) in [7, 11) is -5.91. The monoisotopic (exact) mass is 1080 g/mol. The van der Waals surface area contributed by atoms with Crippen molar-refractivity contribution in [1.82, 2.24) is 24.1 Å². The first-order chi connectivity index (χ1) is 40.7. The predicted octanol–water partition coefficient (Wildman–Crippen LogP) is 12.1. The first-order valence-electron chi connectivity index (χ1n) is 28.1. The minimum atomic E-state index is -2.99. The quantitative estimate of drug-likeness (QED) is 0.101. The Morgan fingerprint density at radius 2 is 0.707 bits per heavy atom. The van der Waals surface area contributed by atoms with Gasteiger partial charge in [-0.05, 0) is 77.9 Å². The van der Waals surface area contributed by atoms with E-state index in [1.165, 1.54) is 79.8 Å². The molecule has 15 aromatic rings. The van der Waals surface area contributed by atoms with Gasteiger partial charge in [0.25, 0.3) is 0 Å². The SMILES string of the molecule is c1ccc([Si](c2ccccc2)(c2ccccc2)c2cccc(-c3nc(-c4ccc([Si]5(c6ccccc6)c6ccccc6-n6c7ccccc7c7cccc5c76)cc4)nc(-c4ccccc4-n4c5ccccc5c5ccccc54)n3)c2)cc1. The maximum Gasteiger partial charge on any atom is 0.184 e. The summed E-state index contributed by atoms with van der Waals surface area (Å²) in [4.78, 5) is 16.7. The zero-order valence-electron chi connectivity index (χ0n) is 44.7. The Morgan fingerprint density at radius 3 is 1.33 bits per heavy atom. The molecule has 0 bridgehead atoms. The number of hydrogen-bond donors (Lipinski definition) is 0. The fraction of sp³-hybridized carbons (Fsp3) is 0. The van der Waals surface area contributed by atoms with Crippen LogP contribution in [0.3, 0.4) is 0 Å². The molecule has 1 aliphatic rings. The lowest BCUT2D eigenvalue weighted by Crippen LogP contribution is -2.76. The topological polar surface area (TPSA) is 48.5 Å². The Morgan fingerprint density at radius 1 is 0.280 bits per heavy atom. The van der Waals surface area contributed by atoms with Gasteiger partial charge in [-0.1, -0.05) is 273 Å². The van der Waals surface area contributed by atoms with Gasteiger partial charge in [0.15, 0.2) is 33.6 Å². The fourth-order valence-electron chi connectivity index (χ4n) is 13.8. The van der Waals surface area contributed by atoms with Crippen LogP contribution in [0.15, 0.2) is 309 Å². The summed E-state index contributed by atoms with van der Waals surface area (Å²) in [6, 6.07) is 114. The summed E-state index contributed by atoms with van der Waals surface area (Å²) in [6.45, 7) is 0. The van der Waals surface area contributed by atoms with E-state index in [9.17, 15) is 0 Å². The second kappa shape index (κ2) is 19.2. The Labute approximate surface area is 477 Å². The van der Waals surface area contributed by atoms with Crippen LogP contribution < -0.4 is 41.5 Å². The van der Waals surface area contributed by atoms with Crippen molar-refractivity contribution in [3.63, 3.8) is 0 Å². The van der Waals surface area contributed by atoms with Crippen LogP contribution in [0.2, 0.25) is 0 Å². The van der Waals surface area contributed by atoms with E-state index in [1.807, 2.05) is 0 Å². The molecule has 16 rings (SSSR count). The maximum atomic E-state index is 5.58. The summed E-state index contributed by atoms with van der Waals surface area (Å²) in [5.74, 6) is 1.81. The molecule has 0 fully saturated rings. The highest BCUT2D eigenvalue weighted by Crippen LogP contribution is 2.38. The molecule has 5 nitrogen and oxygen atoms in total. The Bertz CT molecular complexity index is 4770. The molecule has 82 heavy (non-hydrogen) atoms. The summed E-state index contributed by atoms with van der Waals surface area (Å²) < 4.78 is 4.89. The molecule has 0 amide bonds. The second-order valence-corrected chi connectivity index (χ2v) is 28.9. The summed E-state index contributed by atoms with van der Waals surface area (Å²) in [5, 5.41) is 15.5. The van der Waals surface area contributed by atoms with E-state index in [2.05, 4.69) is 319 Å². The third kappa shape index (κ3) is 7.13. The largest absolute Gasteiger partial charge is 0.309 e. The molecular weight excluding hydrogens is 1030 g/mol. The van der Waals surface area contributed by atoms with Crippen molar-refractivity contribution >= 4 is 101 Å². The third-order valence-corrected chi connectivity index (χ3v) is 26.8. The average molecular weight is 1080 g/mol. The first-order valence-corrected chi connectivity index (χ1v) is 32.1. The molecule has 0 radical (unpaired) electrons. The van der Waals surface area contributed by atoms with Gasteiger partial charge >= 0.3 is 0 Å². The summed E-state index contributed by atoms with van der Waals surface area (Å²) >= 11 is 0. The van der Waals surface area contributed by atoms with Crippen molar-refractivity contribution in [2.75, 3.05) is 0 Å². The van der Waals surface area contributed by atoms with Crippen molar-refractivity contribution in [2.45, 2.75) is 0 Å². The van der Waals surface area contributed by atoms with Gasteiger partial charge in [0.2, 0.25) is 0 Å². The molecule has 1 unspecified atom stereocenters. The number of rotatable bonds is 10. The number of aromatic nitrogens is 5. The van der Waals surface area contributed by atoms with Crippen molar-refractivity contribution in [3.8, 4) is 45.5 Å². The molecule has 0 N–H and O–H groups in total. The van der Waals surface area contributed by atoms with Gasteiger partial charge in [-0.15, -0.1) is 0 Å². The average Bonchev–Trinajstić information content (AvgIpc) is 3.90. The maximum absolute atomic E-state index is 5.58. The Balaban J connectivity index is 0.931. The van der Waals surface area contributed by atoms with Crippen LogP contribution in [0.5, 0.6) is 0 Å². The van der Waals surface area contributed by atoms with Crippen LogP contribution >= 0.6 is 0 Å². The van der Waals surface area contributed by atoms with Crippen LogP contribution in [0.1, 0.15) is 0 Å². The van der Waals surface area contributed by atoms with Gasteiger partial charge in [-0.2, -0.15) is 0 Å². The molecule has 0 aliphatic carbocycles. The normalized spacial score (nSPS) is 13.9. The Kier molecular flexibility index (Phi) is 11.2. The number of fused-ring (bicyclic) bond motifs is 8. The molecule has 384 valence electrons. The summed E-state index contributed by atoms with van der Waals surface area (Å²) in [5.41, 5.74) is 9.73. The van der Waals surface area contributed by atoms with Gasteiger partial charge in [-0.25, -0.2) is 15.0 Å². The highest BCUT2D eigenvalue weighted by atomic mass is 28.3. The second-order valence-electron chi connectivity index (χ2n) is 21.4. The van der Waals surface area contributed by atoms with E-state index < -0.39 is 16.1 Å². The van der Waals surface area contributed by atoms with Crippen molar-refractivity contribution < 1.29 is 0 Å². The van der Waals surface area contributed by atoms with Crippen LogP contribution in [-0.2, 0) is 0 Å². The predicted molar refractivity (Wildman–Crippen MR) is 346 cm³/mol. The molecule has 12 aromatic carbocycles. The first kappa shape index (κ1) is 47.7. The van der Waals surface area contributed by atoms with Crippen LogP contribution in [0, 0.1) is 0 Å². The van der Waals surface area contributed by atoms with Crippen LogP contribution in [0.4, 0.5) is 0 Å². The van der Waals surface area contributed by atoms with Crippen molar-refractivity contribution in [3.05, 3.63) is 309 Å². The molecule has 4 heterocycles. The highest BCUT2D eigenvalue weighted by Gasteiger charge is 2.48. The zero-order chi connectivity index (χ0) is 54.2. The molecule has 0 spiro atoms. The smallest absolute Gasteiger partial charge is 0.184 e. The fourth-order valence-corrected chi connectivity index (χ4v) is 23.7. The number of benzene rings is 12. The van der Waals surface area contributed by atoms with Gasteiger partial charge in [-0.3, -0.25) is 0 Å². The van der Waals surface area contributed by atoms with E-state index >= 15 is 0 Å². The lowest BCUT2D eigenvalue weighted by atomic mass is 10.1. The van der Waals surface area contributed by atoms with E-state index in [-0.39, 0.29) is 0 Å². The zero-order valence-corrected chi connectivity index (χ0v) is 46.7. The van der Waals surface area contributed by atoms with E-state index in [1.54, 1.807) is 0 Å². The van der Waals surface area contributed by atoms with E-state index in [4.69, 9.17) is 15.0 Å². The van der Waals surface area contributed by atoms with Gasteiger partial charge in [0.05, 0.1) is 27.8 Å². The number of nitrogens with zero attached hydrogens (tertiary/aromatic N) is 5. The molecule has 7 heteroatoms. The molecule has 0 saturated carbocycles. The Hall–Kier alpha value is -10.3. The molecule has 3 aromatic heterocycles. The van der Waals surface area contributed by atoms with Crippen molar-refractivity contribution in [1.29, 1.82) is 0 Å². The molecule has 0 saturated heterocycles. The molecular formula is C75H51N5Si2. The molecule has 1 aliphatic heterocycles. The minimum absolute atomic E-state index is 0.598. The number of para-hydroxylation sites is 6. The standard InChI is InChI=1S/C75H51N5Si2/c1-5-26-54(27-6-1)81(55-28-7-2-8-29-55,56-30-9-3-10-31-56)59-34-23-25-53(51-59)74-76-73(77-75(78-74)64-38-16-20-43-68(64)79-65-40-17-13-35-60(65)61-36-14-18-41-66(61)79)52-47-49-58(50-48-52)82(57-32-11-4-12-33-57)70-45-22-21-44-69(70)80-67-42-19-15-37-62(67)63-39-24-46-71(82)72(63)80/h1-51H. The lowest BCUT2D eigenvalue weighted by molar-refractivity contribution is 1.06. The molecule has 1 atom stereocenters. The van der Waals surface area contributed by atoms with E-state index in [0.717, 1.165) is 33.4 Å². The van der Waals surface area contributed by atoms with Gasteiger partial charge in [0, 0.05) is 43.9 Å². The third-order valence-electron chi connectivity index (χ3n) is 17.2. The van der Waals surface area contributed by atoms with Crippen LogP contribution in [-0.4, -0.2) is 40.2 Å². The highest BCUT2D eigenvalue weighted by molar-refractivity contribution is 7.21. The van der Waals surface area contributed by atoms with Crippen molar-refractivity contribution in [2.24, 2.45) is 0 Å².